The molecule has 0 aliphatic carbocycles. The van der Waals surface area contributed by atoms with E-state index in [1.807, 2.05) is 31.2 Å². The van der Waals surface area contributed by atoms with E-state index in [2.05, 4.69) is 12.2 Å². The van der Waals surface area contributed by atoms with Gasteiger partial charge in [0.05, 0.1) is 7.11 Å². The Morgan fingerprint density at radius 3 is 2.60 bits per heavy atom. The molecule has 0 unspecified atom stereocenters. The van der Waals surface area contributed by atoms with E-state index in [0.29, 0.717) is 0 Å². The fourth-order valence-corrected chi connectivity index (χ4v) is 2.25. The topological polar surface area (TPSA) is 21.3 Å². The molecule has 2 rings (SSSR count). The van der Waals surface area contributed by atoms with Gasteiger partial charge in [0.2, 0.25) is 0 Å². The van der Waals surface area contributed by atoms with Gasteiger partial charge in [0, 0.05) is 6.54 Å². The summed E-state index contributed by atoms with van der Waals surface area (Å²) in [5.74, 6) is 0.603. The first-order valence-electron chi connectivity index (χ1n) is 6.80. The summed E-state index contributed by atoms with van der Waals surface area (Å²) < 4.78 is 18.8. The molecular weight excluding hydrogens is 253 g/mol. The molecule has 0 aliphatic rings. The van der Waals surface area contributed by atoms with Gasteiger partial charge in [0.15, 0.2) is 0 Å². The molecule has 0 spiro atoms. The minimum Gasteiger partial charge on any atom is -0.497 e. The number of halogens is 1. The molecule has 0 radical (unpaired) electrons. The first kappa shape index (κ1) is 14.5. The van der Waals surface area contributed by atoms with Crippen molar-refractivity contribution in [2.75, 3.05) is 13.7 Å². The van der Waals surface area contributed by atoms with Crippen LogP contribution in [0, 0.1) is 12.7 Å². The van der Waals surface area contributed by atoms with Crippen LogP contribution in [0.15, 0.2) is 36.4 Å². The molecule has 0 atom stereocenters. The number of methoxy groups -OCH3 is 1. The third-order valence-corrected chi connectivity index (χ3v) is 3.37. The van der Waals surface area contributed by atoms with Crippen LogP contribution in [0.3, 0.4) is 0 Å². The fraction of sp³-hybridized carbons (Fsp3) is 0.294. The van der Waals surface area contributed by atoms with Crippen LogP contribution in [0.4, 0.5) is 4.39 Å². The van der Waals surface area contributed by atoms with Gasteiger partial charge in [-0.1, -0.05) is 19.1 Å². The van der Waals surface area contributed by atoms with Gasteiger partial charge in [-0.2, -0.15) is 0 Å². The summed E-state index contributed by atoms with van der Waals surface area (Å²) in [6, 6.07) is 10.8. The highest BCUT2D eigenvalue weighted by Gasteiger charge is 2.10. The standard InChI is InChI=1S/C17H20FNO/c1-4-19-11-13-9-15(20-3)7-8-16(13)17-10-14(18)6-5-12(17)2/h5-10,19H,4,11H2,1-3H3. The molecular formula is C17H20FNO. The molecule has 0 saturated carbocycles. The molecule has 0 bridgehead atoms. The second-order valence-corrected chi connectivity index (χ2v) is 4.76. The molecule has 2 aromatic rings. The summed E-state index contributed by atoms with van der Waals surface area (Å²) in [7, 11) is 1.65. The molecule has 0 fully saturated rings. The predicted molar refractivity (Wildman–Crippen MR) is 80.5 cm³/mol. The van der Waals surface area contributed by atoms with E-state index in [1.165, 1.54) is 6.07 Å². The Hall–Kier alpha value is -1.87. The molecule has 106 valence electrons. The van der Waals surface area contributed by atoms with Crippen LogP contribution in [0.2, 0.25) is 0 Å². The van der Waals surface area contributed by atoms with Crippen LogP contribution in [0.5, 0.6) is 5.75 Å². The van der Waals surface area contributed by atoms with Gasteiger partial charge in [-0.25, -0.2) is 4.39 Å². The lowest BCUT2D eigenvalue weighted by Gasteiger charge is -2.14. The summed E-state index contributed by atoms with van der Waals surface area (Å²) >= 11 is 0. The number of benzene rings is 2. The maximum Gasteiger partial charge on any atom is 0.123 e. The van der Waals surface area contributed by atoms with Crippen molar-refractivity contribution in [2.24, 2.45) is 0 Å². The summed E-state index contributed by atoms with van der Waals surface area (Å²) in [6.45, 7) is 5.68. The summed E-state index contributed by atoms with van der Waals surface area (Å²) in [4.78, 5) is 0. The number of hydrogen-bond acceptors (Lipinski definition) is 2. The highest BCUT2D eigenvalue weighted by Crippen LogP contribution is 2.30. The maximum atomic E-state index is 13.5. The number of aryl methyl sites for hydroxylation is 1. The monoisotopic (exact) mass is 273 g/mol. The lowest BCUT2D eigenvalue weighted by atomic mass is 9.95. The van der Waals surface area contributed by atoms with Crippen molar-refractivity contribution in [3.05, 3.63) is 53.3 Å². The lowest BCUT2D eigenvalue weighted by Crippen LogP contribution is -2.12. The molecule has 20 heavy (non-hydrogen) atoms. The Bertz CT molecular complexity index is 596. The Balaban J connectivity index is 2.51. The van der Waals surface area contributed by atoms with Crippen LogP contribution in [-0.4, -0.2) is 13.7 Å². The summed E-state index contributed by atoms with van der Waals surface area (Å²) in [5, 5.41) is 3.31. The molecule has 0 saturated heterocycles. The van der Waals surface area contributed by atoms with Crippen LogP contribution >= 0.6 is 0 Å². The number of hydrogen-bond donors (Lipinski definition) is 1. The molecule has 0 aromatic heterocycles. The highest BCUT2D eigenvalue weighted by atomic mass is 19.1. The summed E-state index contributed by atoms with van der Waals surface area (Å²) in [5.41, 5.74) is 4.15. The van der Waals surface area contributed by atoms with Crippen LogP contribution in [0.25, 0.3) is 11.1 Å². The van der Waals surface area contributed by atoms with Crippen LogP contribution in [0.1, 0.15) is 18.1 Å². The van der Waals surface area contributed by atoms with E-state index in [4.69, 9.17) is 4.74 Å². The zero-order valence-electron chi connectivity index (χ0n) is 12.2. The normalized spacial score (nSPS) is 10.6. The van der Waals surface area contributed by atoms with Crippen molar-refractivity contribution < 1.29 is 9.13 Å². The van der Waals surface area contributed by atoms with Crippen molar-refractivity contribution in [3.8, 4) is 16.9 Å². The van der Waals surface area contributed by atoms with Crippen molar-refractivity contribution >= 4 is 0 Å². The van der Waals surface area contributed by atoms with Gasteiger partial charge in [0.25, 0.3) is 0 Å². The maximum absolute atomic E-state index is 13.5. The SMILES string of the molecule is CCNCc1cc(OC)ccc1-c1cc(F)ccc1C. The third kappa shape index (κ3) is 3.17. The smallest absolute Gasteiger partial charge is 0.123 e. The molecule has 2 aromatic carbocycles. The largest absolute Gasteiger partial charge is 0.497 e. The summed E-state index contributed by atoms with van der Waals surface area (Å²) in [6.07, 6.45) is 0. The van der Waals surface area contributed by atoms with E-state index in [0.717, 1.165) is 41.1 Å². The van der Waals surface area contributed by atoms with Crippen molar-refractivity contribution in [1.82, 2.24) is 5.32 Å². The number of ether oxygens (including phenoxy) is 1. The van der Waals surface area contributed by atoms with E-state index in [-0.39, 0.29) is 5.82 Å². The molecule has 0 amide bonds. The fourth-order valence-electron chi connectivity index (χ4n) is 2.25. The minimum atomic E-state index is -0.212. The van der Waals surface area contributed by atoms with Crippen molar-refractivity contribution in [2.45, 2.75) is 20.4 Å². The highest BCUT2D eigenvalue weighted by molar-refractivity contribution is 5.71. The molecule has 2 nitrogen and oxygen atoms in total. The zero-order valence-corrected chi connectivity index (χ0v) is 12.2. The van der Waals surface area contributed by atoms with Gasteiger partial charge in [-0.3, -0.25) is 0 Å². The predicted octanol–water partition coefficient (Wildman–Crippen LogP) is 3.92. The average Bonchev–Trinajstić information content (AvgIpc) is 2.47. The van der Waals surface area contributed by atoms with E-state index in [1.54, 1.807) is 13.2 Å². The van der Waals surface area contributed by atoms with Crippen molar-refractivity contribution in [3.63, 3.8) is 0 Å². The lowest BCUT2D eigenvalue weighted by molar-refractivity contribution is 0.414. The molecule has 3 heteroatoms. The van der Waals surface area contributed by atoms with Gasteiger partial charge < -0.3 is 10.1 Å². The van der Waals surface area contributed by atoms with Crippen LogP contribution in [-0.2, 0) is 6.54 Å². The van der Waals surface area contributed by atoms with E-state index >= 15 is 0 Å². The first-order valence-corrected chi connectivity index (χ1v) is 6.80. The van der Waals surface area contributed by atoms with Gasteiger partial charge in [-0.05, 0) is 60.0 Å². The number of nitrogens with one attached hydrogen (secondary N) is 1. The average molecular weight is 273 g/mol. The molecule has 0 aliphatic heterocycles. The van der Waals surface area contributed by atoms with E-state index in [9.17, 15) is 4.39 Å². The van der Waals surface area contributed by atoms with E-state index < -0.39 is 0 Å². The second-order valence-electron chi connectivity index (χ2n) is 4.76. The Kier molecular flexibility index (Phi) is 4.74. The quantitative estimate of drug-likeness (QED) is 0.891. The van der Waals surface area contributed by atoms with Gasteiger partial charge in [-0.15, -0.1) is 0 Å². The van der Waals surface area contributed by atoms with Crippen LogP contribution < -0.4 is 10.1 Å². The second kappa shape index (κ2) is 6.53. The third-order valence-electron chi connectivity index (χ3n) is 3.37. The van der Waals surface area contributed by atoms with Crippen molar-refractivity contribution in [1.29, 1.82) is 0 Å². The Morgan fingerprint density at radius 2 is 1.90 bits per heavy atom. The van der Waals surface area contributed by atoms with Gasteiger partial charge >= 0.3 is 0 Å². The number of rotatable bonds is 5. The molecule has 0 heterocycles. The Labute approximate surface area is 119 Å². The Morgan fingerprint density at radius 1 is 1.10 bits per heavy atom. The minimum absolute atomic E-state index is 0.212. The molecule has 1 N–H and O–H groups in total. The van der Waals surface area contributed by atoms with Gasteiger partial charge in [0.1, 0.15) is 11.6 Å². The zero-order chi connectivity index (χ0) is 14.5. The first-order chi connectivity index (χ1) is 9.65.